The van der Waals surface area contributed by atoms with Crippen LogP contribution in [-0.2, 0) is 19.5 Å². The molecule has 2 aromatic heterocycles. The van der Waals surface area contributed by atoms with Crippen molar-refractivity contribution in [3.05, 3.63) is 82.0 Å². The van der Waals surface area contributed by atoms with Crippen molar-refractivity contribution in [2.45, 2.75) is 39.4 Å². The van der Waals surface area contributed by atoms with E-state index in [0.29, 0.717) is 25.0 Å². The fraction of sp³-hybridized carbons (Fsp3) is 0.292. The Morgan fingerprint density at radius 2 is 1.80 bits per heavy atom. The molecule has 0 atom stereocenters. The molecule has 6 heteroatoms. The van der Waals surface area contributed by atoms with Gasteiger partial charge in [-0.1, -0.05) is 42.5 Å². The summed E-state index contributed by atoms with van der Waals surface area (Å²) in [6.07, 6.45) is 0.765. The van der Waals surface area contributed by atoms with Crippen LogP contribution in [0, 0.1) is 0 Å². The molecule has 4 aromatic rings. The van der Waals surface area contributed by atoms with E-state index in [-0.39, 0.29) is 5.56 Å². The number of nitrogens with zero attached hydrogens (tertiary/aromatic N) is 4. The lowest BCUT2D eigenvalue weighted by Gasteiger charge is -2.28. The van der Waals surface area contributed by atoms with Crippen molar-refractivity contribution in [3.63, 3.8) is 0 Å². The molecule has 0 amide bonds. The molecule has 0 saturated heterocycles. The van der Waals surface area contributed by atoms with E-state index in [2.05, 4.69) is 46.5 Å². The molecule has 3 heterocycles. The lowest BCUT2D eigenvalue weighted by Crippen LogP contribution is -2.36. The van der Waals surface area contributed by atoms with Crippen molar-refractivity contribution in [2.24, 2.45) is 0 Å². The van der Waals surface area contributed by atoms with E-state index in [4.69, 9.17) is 9.97 Å². The molecule has 1 aliphatic rings. The molecule has 0 unspecified atom stereocenters. The summed E-state index contributed by atoms with van der Waals surface area (Å²) < 4.78 is 2.30. The maximum Gasteiger partial charge on any atom is 0.255 e. The second-order valence-corrected chi connectivity index (χ2v) is 8.15. The number of hydrogen-bond donors (Lipinski definition) is 1. The summed E-state index contributed by atoms with van der Waals surface area (Å²) in [5, 5.41) is 0. The van der Waals surface area contributed by atoms with E-state index < -0.39 is 0 Å². The van der Waals surface area contributed by atoms with E-state index in [9.17, 15) is 4.79 Å². The molecule has 0 bridgehead atoms. The molecule has 0 saturated carbocycles. The molecule has 6 nitrogen and oxygen atoms in total. The molecule has 0 aliphatic carbocycles. The zero-order valence-corrected chi connectivity index (χ0v) is 17.3. The molecule has 5 rings (SSSR count). The van der Waals surface area contributed by atoms with E-state index in [0.717, 1.165) is 46.6 Å². The van der Waals surface area contributed by atoms with Crippen molar-refractivity contribution in [1.29, 1.82) is 0 Å². The topological polar surface area (TPSA) is 66.8 Å². The molecular weight excluding hydrogens is 374 g/mol. The summed E-state index contributed by atoms with van der Waals surface area (Å²) in [7, 11) is 0. The highest BCUT2D eigenvalue weighted by molar-refractivity contribution is 5.76. The van der Waals surface area contributed by atoms with Gasteiger partial charge in [-0.05, 0) is 26.0 Å². The first-order valence-corrected chi connectivity index (χ1v) is 10.5. The first kappa shape index (κ1) is 18.8. The molecule has 0 fully saturated rings. The van der Waals surface area contributed by atoms with E-state index >= 15 is 0 Å². The summed E-state index contributed by atoms with van der Waals surface area (Å²) >= 11 is 0. The largest absolute Gasteiger partial charge is 0.324 e. The first-order valence-electron chi connectivity index (χ1n) is 10.5. The quantitative estimate of drug-likeness (QED) is 0.565. The molecule has 30 heavy (non-hydrogen) atoms. The fourth-order valence-electron chi connectivity index (χ4n) is 4.33. The lowest BCUT2D eigenvalue weighted by molar-refractivity contribution is 0.232. The van der Waals surface area contributed by atoms with Crippen LogP contribution in [0.2, 0.25) is 0 Å². The number of imidazole rings is 1. The Bertz CT molecular complexity index is 1260. The van der Waals surface area contributed by atoms with E-state index in [1.165, 1.54) is 0 Å². The number of para-hydroxylation sites is 2. The zero-order valence-electron chi connectivity index (χ0n) is 17.3. The second-order valence-electron chi connectivity index (χ2n) is 8.15. The minimum Gasteiger partial charge on any atom is -0.324 e. The van der Waals surface area contributed by atoms with Gasteiger partial charge in [0.2, 0.25) is 0 Å². The van der Waals surface area contributed by atoms with Crippen LogP contribution >= 0.6 is 0 Å². The predicted octanol–water partition coefficient (Wildman–Crippen LogP) is 3.93. The number of aromatic nitrogens is 4. The van der Waals surface area contributed by atoms with Gasteiger partial charge < -0.3 is 9.55 Å². The summed E-state index contributed by atoms with van der Waals surface area (Å²) in [5.74, 6) is 1.69. The van der Waals surface area contributed by atoms with Gasteiger partial charge in [-0.2, -0.15) is 0 Å². The van der Waals surface area contributed by atoms with Crippen LogP contribution in [0.15, 0.2) is 59.4 Å². The van der Waals surface area contributed by atoms with Crippen molar-refractivity contribution >= 4 is 11.0 Å². The van der Waals surface area contributed by atoms with Crippen molar-refractivity contribution in [3.8, 4) is 11.4 Å². The molecule has 0 spiro atoms. The minimum atomic E-state index is -0.0408. The maximum atomic E-state index is 12.8. The molecule has 152 valence electrons. The Balaban J connectivity index is 1.44. The van der Waals surface area contributed by atoms with Crippen LogP contribution in [-0.4, -0.2) is 31.0 Å². The van der Waals surface area contributed by atoms with Crippen LogP contribution in [0.3, 0.4) is 0 Å². The van der Waals surface area contributed by atoms with Crippen LogP contribution < -0.4 is 5.56 Å². The number of benzene rings is 2. The van der Waals surface area contributed by atoms with Gasteiger partial charge >= 0.3 is 0 Å². The molecule has 0 radical (unpaired) electrons. The smallest absolute Gasteiger partial charge is 0.255 e. The molecular formula is C24H25N5O. The van der Waals surface area contributed by atoms with E-state index in [1.54, 1.807) is 0 Å². The molecule has 1 N–H and O–H groups in total. The maximum absolute atomic E-state index is 12.8. The predicted molar refractivity (Wildman–Crippen MR) is 118 cm³/mol. The number of hydrogen-bond acceptors (Lipinski definition) is 4. The molecule has 2 aromatic carbocycles. The van der Waals surface area contributed by atoms with E-state index in [1.807, 2.05) is 36.4 Å². The van der Waals surface area contributed by atoms with Gasteiger partial charge in [-0.15, -0.1) is 0 Å². The van der Waals surface area contributed by atoms with Crippen LogP contribution in [0.5, 0.6) is 0 Å². The highest BCUT2D eigenvalue weighted by Crippen LogP contribution is 2.24. The summed E-state index contributed by atoms with van der Waals surface area (Å²) in [6, 6.07) is 18.4. The number of fused-ring (bicyclic) bond motifs is 2. The third-order valence-corrected chi connectivity index (χ3v) is 5.75. The van der Waals surface area contributed by atoms with Crippen molar-refractivity contribution in [2.75, 3.05) is 6.54 Å². The SMILES string of the molecule is CC(C)n1c(CN2CCc3nc(-c4ccccc4)[nH]c(=O)c3C2)nc2ccccc21. The summed E-state index contributed by atoms with van der Waals surface area (Å²) in [6.45, 7) is 6.53. The van der Waals surface area contributed by atoms with Gasteiger partial charge in [0.1, 0.15) is 11.6 Å². The standard InChI is InChI=1S/C24H25N5O/c1-16(2)29-21-11-7-6-10-20(21)25-22(29)15-28-13-12-19-18(14-28)24(30)27-23(26-19)17-8-4-3-5-9-17/h3-11,16H,12-15H2,1-2H3,(H,26,27,30). The monoisotopic (exact) mass is 399 g/mol. The Morgan fingerprint density at radius 1 is 1.03 bits per heavy atom. The third-order valence-electron chi connectivity index (χ3n) is 5.75. The molecule has 1 aliphatic heterocycles. The fourth-order valence-corrected chi connectivity index (χ4v) is 4.33. The van der Waals surface area contributed by atoms with Gasteiger partial charge in [-0.3, -0.25) is 9.69 Å². The third kappa shape index (κ3) is 3.33. The number of rotatable bonds is 4. The number of H-pyrrole nitrogens is 1. The summed E-state index contributed by atoms with van der Waals surface area (Å²) in [4.78, 5) is 27.7. The van der Waals surface area contributed by atoms with Gasteiger partial charge in [0.25, 0.3) is 5.56 Å². The van der Waals surface area contributed by atoms with Gasteiger partial charge in [0.15, 0.2) is 0 Å². The Labute approximate surface area is 175 Å². The highest BCUT2D eigenvalue weighted by Gasteiger charge is 2.24. The Hall–Kier alpha value is -3.25. The minimum absolute atomic E-state index is 0.0408. The summed E-state index contributed by atoms with van der Waals surface area (Å²) in [5.41, 5.74) is 4.75. The average Bonchev–Trinajstić information content (AvgIpc) is 3.12. The number of nitrogens with one attached hydrogen (secondary N) is 1. The number of aromatic amines is 1. The first-order chi connectivity index (χ1) is 14.6. The average molecular weight is 399 g/mol. The van der Waals surface area contributed by atoms with Gasteiger partial charge in [-0.25, -0.2) is 9.97 Å². The lowest BCUT2D eigenvalue weighted by atomic mass is 10.1. The normalized spacial score (nSPS) is 14.4. The van der Waals surface area contributed by atoms with Crippen molar-refractivity contribution in [1.82, 2.24) is 24.4 Å². The second kappa shape index (κ2) is 7.54. The van der Waals surface area contributed by atoms with Crippen LogP contribution in [0.25, 0.3) is 22.4 Å². The van der Waals surface area contributed by atoms with Crippen molar-refractivity contribution < 1.29 is 0 Å². The highest BCUT2D eigenvalue weighted by atomic mass is 16.1. The van der Waals surface area contributed by atoms with Crippen LogP contribution in [0.1, 0.15) is 37.0 Å². The van der Waals surface area contributed by atoms with Crippen LogP contribution in [0.4, 0.5) is 0 Å². The zero-order chi connectivity index (χ0) is 20.7. The Kier molecular flexibility index (Phi) is 4.71. The van der Waals surface area contributed by atoms with Gasteiger partial charge in [0.05, 0.1) is 28.8 Å². The van der Waals surface area contributed by atoms with Gasteiger partial charge in [0, 0.05) is 31.1 Å². The Morgan fingerprint density at radius 3 is 2.60 bits per heavy atom.